The van der Waals surface area contributed by atoms with Crippen molar-refractivity contribution in [3.63, 3.8) is 0 Å². The van der Waals surface area contributed by atoms with Gasteiger partial charge >= 0.3 is 6.18 Å². The summed E-state index contributed by atoms with van der Waals surface area (Å²) in [4.78, 5) is 0. The van der Waals surface area contributed by atoms with Crippen LogP contribution >= 0.6 is 0 Å². The smallest absolute Gasteiger partial charge is 0.206 e. The fourth-order valence-corrected chi connectivity index (χ4v) is 6.55. The lowest BCUT2D eigenvalue weighted by Gasteiger charge is -2.31. The summed E-state index contributed by atoms with van der Waals surface area (Å²) < 4.78 is 96.2. The van der Waals surface area contributed by atoms with Gasteiger partial charge in [0.25, 0.3) is 0 Å². The van der Waals surface area contributed by atoms with Crippen molar-refractivity contribution in [3.8, 4) is 0 Å². The van der Waals surface area contributed by atoms with Crippen LogP contribution in [-0.2, 0) is 12.6 Å². The molecule has 0 spiro atoms. The van der Waals surface area contributed by atoms with Gasteiger partial charge in [0.15, 0.2) is 11.6 Å². The van der Waals surface area contributed by atoms with Crippen molar-refractivity contribution >= 4 is 0 Å². The molecule has 2 aliphatic carbocycles. The van der Waals surface area contributed by atoms with E-state index in [4.69, 9.17) is 0 Å². The summed E-state index contributed by atoms with van der Waals surface area (Å²) in [6.07, 6.45) is 4.91. The second-order valence-electron chi connectivity index (χ2n) is 11.1. The van der Waals surface area contributed by atoms with Gasteiger partial charge in [-0.05, 0) is 117 Å². The Balaban J connectivity index is 1.32. The third-order valence-corrected chi connectivity index (χ3v) is 8.64. The summed E-state index contributed by atoms with van der Waals surface area (Å²) in [5.41, 5.74) is -0.745. The number of benzene rings is 2. The van der Waals surface area contributed by atoms with E-state index >= 15 is 8.78 Å². The van der Waals surface area contributed by atoms with Gasteiger partial charge in [0.2, 0.25) is 0 Å². The Kier molecular flexibility index (Phi) is 8.90. The Morgan fingerprint density at radius 2 is 1.11 bits per heavy atom. The van der Waals surface area contributed by atoms with Gasteiger partial charge in [-0.3, -0.25) is 0 Å². The van der Waals surface area contributed by atoms with E-state index < -0.39 is 35.0 Å². The second kappa shape index (κ2) is 11.8. The predicted octanol–water partition coefficient (Wildman–Crippen LogP) is 10.2. The van der Waals surface area contributed by atoms with Crippen molar-refractivity contribution in [2.45, 2.75) is 102 Å². The molecule has 2 fully saturated rings. The highest BCUT2D eigenvalue weighted by Gasteiger charge is 2.38. The molecule has 37 heavy (non-hydrogen) atoms. The van der Waals surface area contributed by atoms with Gasteiger partial charge in [-0.2, -0.15) is 13.2 Å². The van der Waals surface area contributed by atoms with Gasteiger partial charge in [0.1, 0.15) is 17.2 Å². The van der Waals surface area contributed by atoms with Gasteiger partial charge < -0.3 is 0 Å². The van der Waals surface area contributed by atoms with E-state index in [2.05, 4.69) is 6.92 Å². The van der Waals surface area contributed by atoms with Crippen LogP contribution in [0.4, 0.5) is 30.7 Å². The molecule has 0 saturated heterocycles. The largest absolute Gasteiger partial charge is 0.422 e. The average molecular weight is 529 g/mol. The molecular weight excluding hydrogens is 493 g/mol. The van der Waals surface area contributed by atoms with E-state index in [0.29, 0.717) is 36.3 Å². The molecule has 0 atom stereocenters. The summed E-state index contributed by atoms with van der Waals surface area (Å²) in [5, 5.41) is 0. The van der Waals surface area contributed by atoms with E-state index in [1.807, 2.05) is 0 Å². The van der Waals surface area contributed by atoms with Crippen LogP contribution < -0.4 is 0 Å². The number of rotatable bonds is 7. The first kappa shape index (κ1) is 28.0. The number of alkyl halides is 3. The van der Waals surface area contributed by atoms with Gasteiger partial charge in [0.05, 0.1) is 0 Å². The Hall–Kier alpha value is -2.05. The van der Waals surface area contributed by atoms with Gasteiger partial charge in [-0.15, -0.1) is 0 Å². The average Bonchev–Trinajstić information content (AvgIpc) is 2.84. The number of aryl methyl sites for hydroxylation is 1. The molecule has 7 heteroatoms. The first-order chi connectivity index (χ1) is 17.6. The van der Waals surface area contributed by atoms with Gasteiger partial charge in [-0.1, -0.05) is 31.9 Å². The normalized spacial score (nSPS) is 24.9. The van der Waals surface area contributed by atoms with Crippen LogP contribution in [-0.4, -0.2) is 0 Å². The first-order valence-corrected chi connectivity index (χ1v) is 13.6. The number of hydrogen-bond acceptors (Lipinski definition) is 0. The molecular formula is C30H35F7. The molecule has 0 radical (unpaired) electrons. The molecule has 0 nitrogen and oxygen atoms in total. The summed E-state index contributed by atoms with van der Waals surface area (Å²) in [6, 6.07) is 5.05. The van der Waals surface area contributed by atoms with Gasteiger partial charge in [-0.25, -0.2) is 17.6 Å². The number of halogens is 7. The van der Waals surface area contributed by atoms with E-state index in [0.717, 1.165) is 57.1 Å². The standard InChI is InChI=1S/C30H35F7/c1-2-3-18-6-10-21(11-7-18)23-14-15-24(29(34)28(23)33)22-12-8-19(9-13-22)4-5-20-16-25(31)27(26(32)17-20)30(35,36)37/h14-19,21-22H,2-13H2,1H3. The number of hydrogen-bond donors (Lipinski definition) is 0. The Bertz CT molecular complexity index is 1040. The highest BCUT2D eigenvalue weighted by Crippen LogP contribution is 2.43. The lowest BCUT2D eigenvalue weighted by atomic mass is 9.75. The first-order valence-electron chi connectivity index (χ1n) is 13.6. The molecule has 0 aliphatic heterocycles. The maximum absolute atomic E-state index is 15.1. The van der Waals surface area contributed by atoms with Crippen LogP contribution in [0.5, 0.6) is 0 Å². The summed E-state index contributed by atoms with van der Waals surface area (Å²) >= 11 is 0. The zero-order valence-corrected chi connectivity index (χ0v) is 21.2. The minimum absolute atomic E-state index is 0.0762. The molecule has 2 aliphatic rings. The van der Waals surface area contributed by atoms with E-state index in [9.17, 15) is 22.0 Å². The van der Waals surface area contributed by atoms with Crippen LogP contribution in [0.15, 0.2) is 24.3 Å². The van der Waals surface area contributed by atoms with Crippen molar-refractivity contribution in [3.05, 3.63) is 69.8 Å². The molecule has 4 rings (SSSR count). The lowest BCUT2D eigenvalue weighted by molar-refractivity contribution is -0.142. The van der Waals surface area contributed by atoms with Crippen LogP contribution in [0.3, 0.4) is 0 Å². The molecule has 0 aromatic heterocycles. The Labute approximate surface area is 214 Å². The van der Waals surface area contributed by atoms with Crippen molar-refractivity contribution in [1.82, 2.24) is 0 Å². The fourth-order valence-electron chi connectivity index (χ4n) is 6.55. The minimum Gasteiger partial charge on any atom is -0.206 e. The molecule has 204 valence electrons. The third kappa shape index (κ3) is 6.51. The molecule has 0 unspecified atom stereocenters. The topological polar surface area (TPSA) is 0 Å². The van der Waals surface area contributed by atoms with Crippen LogP contribution in [0.1, 0.15) is 112 Å². The molecule has 2 aromatic rings. The zero-order valence-electron chi connectivity index (χ0n) is 21.2. The fraction of sp³-hybridized carbons (Fsp3) is 0.600. The van der Waals surface area contributed by atoms with Crippen molar-refractivity contribution < 1.29 is 30.7 Å². The maximum Gasteiger partial charge on any atom is 0.422 e. The second-order valence-corrected chi connectivity index (χ2v) is 11.1. The molecule has 0 bridgehead atoms. The Morgan fingerprint density at radius 3 is 1.51 bits per heavy atom. The molecule has 0 N–H and O–H groups in total. The van der Waals surface area contributed by atoms with Crippen LogP contribution in [0.2, 0.25) is 0 Å². The lowest BCUT2D eigenvalue weighted by Crippen LogP contribution is -2.18. The van der Waals surface area contributed by atoms with Crippen molar-refractivity contribution in [2.75, 3.05) is 0 Å². The monoisotopic (exact) mass is 528 g/mol. The van der Waals surface area contributed by atoms with Crippen LogP contribution in [0, 0.1) is 35.1 Å². The quantitative estimate of drug-likeness (QED) is 0.314. The zero-order chi connectivity index (χ0) is 26.7. The highest BCUT2D eigenvalue weighted by molar-refractivity contribution is 5.32. The molecule has 0 heterocycles. The van der Waals surface area contributed by atoms with Gasteiger partial charge in [0, 0.05) is 0 Å². The summed E-state index contributed by atoms with van der Waals surface area (Å²) in [7, 11) is 0. The van der Waals surface area contributed by atoms with Crippen LogP contribution in [0.25, 0.3) is 0 Å². The van der Waals surface area contributed by atoms with E-state index in [1.54, 1.807) is 12.1 Å². The Morgan fingerprint density at radius 1 is 0.676 bits per heavy atom. The highest BCUT2D eigenvalue weighted by atomic mass is 19.4. The predicted molar refractivity (Wildman–Crippen MR) is 130 cm³/mol. The van der Waals surface area contributed by atoms with E-state index in [-0.39, 0.29) is 29.7 Å². The molecule has 2 saturated carbocycles. The minimum atomic E-state index is -5.08. The third-order valence-electron chi connectivity index (χ3n) is 8.64. The van der Waals surface area contributed by atoms with E-state index in [1.165, 1.54) is 6.42 Å². The molecule has 2 aromatic carbocycles. The summed E-state index contributed by atoms with van der Waals surface area (Å²) in [5.74, 6) is -3.72. The summed E-state index contributed by atoms with van der Waals surface area (Å²) in [6.45, 7) is 2.18. The molecule has 0 amide bonds. The SMILES string of the molecule is CCCC1CCC(c2ccc(C3CCC(CCc4cc(F)c(C(F)(F)F)c(F)c4)CC3)c(F)c2F)CC1. The maximum atomic E-state index is 15.1. The van der Waals surface area contributed by atoms with Crippen molar-refractivity contribution in [2.24, 2.45) is 11.8 Å². The van der Waals surface area contributed by atoms with Crippen molar-refractivity contribution in [1.29, 1.82) is 0 Å².